The SMILES string of the molecule is CCCNCc1ccc(N(CC)CCCO)c(F)c1. The van der Waals surface area contributed by atoms with Crippen LogP contribution in [0, 0.1) is 5.82 Å². The van der Waals surface area contributed by atoms with E-state index in [-0.39, 0.29) is 12.4 Å². The lowest BCUT2D eigenvalue weighted by Crippen LogP contribution is -2.25. The van der Waals surface area contributed by atoms with Crippen molar-refractivity contribution < 1.29 is 9.50 Å². The number of rotatable bonds is 9. The predicted octanol–water partition coefficient (Wildman–Crippen LogP) is 2.53. The highest BCUT2D eigenvalue weighted by Crippen LogP contribution is 2.20. The summed E-state index contributed by atoms with van der Waals surface area (Å²) in [5.41, 5.74) is 1.59. The number of halogens is 1. The number of benzene rings is 1. The van der Waals surface area contributed by atoms with Crippen LogP contribution in [-0.4, -0.2) is 31.3 Å². The third kappa shape index (κ3) is 5.17. The molecule has 3 nitrogen and oxygen atoms in total. The molecule has 4 heteroatoms. The highest BCUT2D eigenvalue weighted by molar-refractivity contribution is 5.49. The minimum Gasteiger partial charge on any atom is -0.396 e. The summed E-state index contributed by atoms with van der Waals surface area (Å²) in [7, 11) is 0. The van der Waals surface area contributed by atoms with Crippen LogP contribution in [0.15, 0.2) is 18.2 Å². The number of nitrogens with zero attached hydrogens (tertiary/aromatic N) is 1. The average molecular weight is 268 g/mol. The van der Waals surface area contributed by atoms with Crippen LogP contribution in [0.2, 0.25) is 0 Å². The molecule has 0 saturated heterocycles. The van der Waals surface area contributed by atoms with Crippen LogP contribution < -0.4 is 10.2 Å². The Hall–Kier alpha value is -1.13. The van der Waals surface area contributed by atoms with Gasteiger partial charge in [-0.3, -0.25) is 0 Å². The number of hydrogen-bond acceptors (Lipinski definition) is 3. The van der Waals surface area contributed by atoms with Gasteiger partial charge in [0.05, 0.1) is 5.69 Å². The predicted molar refractivity (Wildman–Crippen MR) is 78.0 cm³/mol. The number of anilines is 1. The zero-order valence-electron chi connectivity index (χ0n) is 12.0. The zero-order chi connectivity index (χ0) is 14.1. The average Bonchev–Trinajstić information content (AvgIpc) is 2.41. The fraction of sp³-hybridized carbons (Fsp3) is 0.600. The molecule has 0 unspecified atom stereocenters. The van der Waals surface area contributed by atoms with Crippen LogP contribution in [0.3, 0.4) is 0 Å². The largest absolute Gasteiger partial charge is 0.396 e. The smallest absolute Gasteiger partial charge is 0.146 e. The molecule has 19 heavy (non-hydrogen) atoms. The van der Waals surface area contributed by atoms with E-state index in [1.807, 2.05) is 24.0 Å². The fourth-order valence-electron chi connectivity index (χ4n) is 2.04. The third-order valence-corrected chi connectivity index (χ3v) is 3.08. The summed E-state index contributed by atoms with van der Waals surface area (Å²) >= 11 is 0. The fourth-order valence-corrected chi connectivity index (χ4v) is 2.04. The van der Waals surface area contributed by atoms with Crippen LogP contribution in [0.25, 0.3) is 0 Å². The Bertz CT molecular complexity index is 371. The standard InChI is InChI=1S/C15H25FN2O/c1-3-8-17-12-13-6-7-15(14(16)11-13)18(4-2)9-5-10-19/h6-7,11,17,19H,3-5,8-10,12H2,1-2H3. The summed E-state index contributed by atoms with van der Waals surface area (Å²) in [5, 5.41) is 12.1. The Morgan fingerprint density at radius 2 is 2.11 bits per heavy atom. The number of nitrogens with one attached hydrogen (secondary N) is 1. The van der Waals surface area contributed by atoms with Gasteiger partial charge in [-0.15, -0.1) is 0 Å². The molecule has 0 aliphatic rings. The minimum atomic E-state index is -0.185. The van der Waals surface area contributed by atoms with E-state index in [9.17, 15) is 4.39 Å². The Balaban J connectivity index is 2.69. The second-order valence-corrected chi connectivity index (χ2v) is 4.62. The van der Waals surface area contributed by atoms with Crippen LogP contribution in [0.5, 0.6) is 0 Å². The molecule has 2 N–H and O–H groups in total. The van der Waals surface area contributed by atoms with Gasteiger partial charge < -0.3 is 15.3 Å². The number of hydrogen-bond donors (Lipinski definition) is 2. The lowest BCUT2D eigenvalue weighted by atomic mass is 10.1. The van der Waals surface area contributed by atoms with Gasteiger partial charge in [0, 0.05) is 26.2 Å². The van der Waals surface area contributed by atoms with Crippen molar-refractivity contribution in [1.82, 2.24) is 5.32 Å². The molecule has 0 fully saturated rings. The van der Waals surface area contributed by atoms with Crippen molar-refractivity contribution in [1.29, 1.82) is 0 Å². The van der Waals surface area contributed by atoms with E-state index in [0.717, 1.165) is 25.1 Å². The summed E-state index contributed by atoms with van der Waals surface area (Å²) in [6, 6.07) is 5.39. The van der Waals surface area contributed by atoms with Gasteiger partial charge >= 0.3 is 0 Å². The van der Waals surface area contributed by atoms with Crippen molar-refractivity contribution in [3.63, 3.8) is 0 Å². The number of aliphatic hydroxyl groups is 1. The van der Waals surface area contributed by atoms with Gasteiger partial charge in [-0.25, -0.2) is 4.39 Å². The van der Waals surface area contributed by atoms with Crippen molar-refractivity contribution >= 4 is 5.69 Å². The van der Waals surface area contributed by atoms with Gasteiger partial charge in [0.25, 0.3) is 0 Å². The maximum absolute atomic E-state index is 14.1. The van der Waals surface area contributed by atoms with Crippen molar-refractivity contribution in [2.45, 2.75) is 33.2 Å². The first-order valence-electron chi connectivity index (χ1n) is 7.07. The van der Waals surface area contributed by atoms with Crippen molar-refractivity contribution in [3.05, 3.63) is 29.6 Å². The summed E-state index contributed by atoms with van der Waals surface area (Å²) in [6.45, 7) is 7.30. The first-order valence-corrected chi connectivity index (χ1v) is 7.07. The quantitative estimate of drug-likeness (QED) is 0.676. The maximum Gasteiger partial charge on any atom is 0.146 e. The third-order valence-electron chi connectivity index (χ3n) is 3.08. The Morgan fingerprint density at radius 1 is 1.32 bits per heavy atom. The summed E-state index contributed by atoms with van der Waals surface area (Å²) in [5.74, 6) is -0.185. The minimum absolute atomic E-state index is 0.136. The molecule has 0 saturated carbocycles. The topological polar surface area (TPSA) is 35.5 Å². The molecular weight excluding hydrogens is 243 g/mol. The van der Waals surface area contributed by atoms with E-state index in [1.165, 1.54) is 0 Å². The maximum atomic E-state index is 14.1. The molecular formula is C15H25FN2O. The number of aliphatic hydroxyl groups excluding tert-OH is 1. The molecule has 0 amide bonds. The summed E-state index contributed by atoms with van der Waals surface area (Å²) in [4.78, 5) is 1.95. The molecule has 0 aliphatic carbocycles. The molecule has 1 aromatic rings. The highest BCUT2D eigenvalue weighted by Gasteiger charge is 2.10. The Labute approximate surface area is 115 Å². The van der Waals surface area contributed by atoms with Crippen LogP contribution >= 0.6 is 0 Å². The first kappa shape index (κ1) is 15.9. The van der Waals surface area contributed by atoms with E-state index < -0.39 is 0 Å². The van der Waals surface area contributed by atoms with Gasteiger partial charge in [0.2, 0.25) is 0 Å². The van der Waals surface area contributed by atoms with E-state index in [4.69, 9.17) is 5.11 Å². The van der Waals surface area contributed by atoms with Gasteiger partial charge in [0.15, 0.2) is 0 Å². The Morgan fingerprint density at radius 3 is 2.68 bits per heavy atom. The monoisotopic (exact) mass is 268 g/mol. The van der Waals surface area contributed by atoms with E-state index in [1.54, 1.807) is 6.07 Å². The van der Waals surface area contributed by atoms with Crippen LogP contribution in [0.1, 0.15) is 32.3 Å². The van der Waals surface area contributed by atoms with Gasteiger partial charge in [0.1, 0.15) is 5.82 Å². The van der Waals surface area contributed by atoms with E-state index in [2.05, 4.69) is 12.2 Å². The molecule has 0 bridgehead atoms. The molecule has 0 radical (unpaired) electrons. The first-order chi connectivity index (χ1) is 9.22. The molecule has 108 valence electrons. The molecule has 0 spiro atoms. The molecule has 0 aliphatic heterocycles. The summed E-state index contributed by atoms with van der Waals surface area (Å²) < 4.78 is 14.1. The molecule has 1 aromatic carbocycles. The normalized spacial score (nSPS) is 10.7. The van der Waals surface area contributed by atoms with Crippen molar-refractivity contribution in [2.24, 2.45) is 0 Å². The summed E-state index contributed by atoms with van der Waals surface area (Å²) in [6.07, 6.45) is 1.73. The molecule has 0 aromatic heterocycles. The van der Waals surface area contributed by atoms with Crippen LogP contribution in [0.4, 0.5) is 10.1 Å². The second kappa shape index (κ2) is 8.88. The van der Waals surface area contributed by atoms with Crippen molar-refractivity contribution in [3.8, 4) is 0 Å². The van der Waals surface area contributed by atoms with Gasteiger partial charge in [-0.1, -0.05) is 13.0 Å². The molecule has 1 rings (SSSR count). The highest BCUT2D eigenvalue weighted by atomic mass is 19.1. The second-order valence-electron chi connectivity index (χ2n) is 4.62. The Kier molecular flexibility index (Phi) is 7.45. The lowest BCUT2D eigenvalue weighted by molar-refractivity contribution is 0.289. The van der Waals surface area contributed by atoms with E-state index in [0.29, 0.717) is 25.2 Å². The van der Waals surface area contributed by atoms with Gasteiger partial charge in [-0.05, 0) is 44.0 Å². The molecule has 0 heterocycles. The van der Waals surface area contributed by atoms with Gasteiger partial charge in [-0.2, -0.15) is 0 Å². The van der Waals surface area contributed by atoms with Crippen LogP contribution in [-0.2, 0) is 6.54 Å². The van der Waals surface area contributed by atoms with Crippen molar-refractivity contribution in [2.75, 3.05) is 31.1 Å². The van der Waals surface area contributed by atoms with E-state index >= 15 is 0 Å². The molecule has 0 atom stereocenters. The lowest BCUT2D eigenvalue weighted by Gasteiger charge is -2.23. The zero-order valence-corrected chi connectivity index (χ0v) is 12.0.